The first-order valence-electron chi connectivity index (χ1n) is 12.5. The van der Waals surface area contributed by atoms with Crippen LogP contribution in [0.5, 0.6) is 5.75 Å². The van der Waals surface area contributed by atoms with Crippen molar-refractivity contribution >= 4 is 28.3 Å². The quantitative estimate of drug-likeness (QED) is 0.387. The van der Waals surface area contributed by atoms with Crippen LogP contribution < -0.4 is 20.3 Å². The summed E-state index contributed by atoms with van der Waals surface area (Å²) in [7, 11) is 3.37. The van der Waals surface area contributed by atoms with Crippen molar-refractivity contribution < 1.29 is 18.7 Å². The molecule has 0 saturated carbocycles. The largest absolute Gasteiger partial charge is 0.496 e. The van der Waals surface area contributed by atoms with E-state index in [0.29, 0.717) is 25.1 Å². The number of nitrogens with zero attached hydrogens (tertiary/aromatic N) is 1. The number of ether oxygens (including phenoxy) is 1. The number of carbonyl (C=O) groups excluding carboxylic acids is 2. The van der Waals surface area contributed by atoms with Crippen LogP contribution in [0.2, 0.25) is 0 Å². The number of hydrogen-bond acceptors (Lipinski definition) is 5. The molecule has 0 spiro atoms. The number of fused-ring (bicyclic) bond motifs is 2. The van der Waals surface area contributed by atoms with Gasteiger partial charge in [0.25, 0.3) is 0 Å². The van der Waals surface area contributed by atoms with Crippen molar-refractivity contribution in [2.45, 2.75) is 38.4 Å². The van der Waals surface area contributed by atoms with Crippen LogP contribution in [0.1, 0.15) is 24.5 Å². The van der Waals surface area contributed by atoms with Gasteiger partial charge < -0.3 is 24.7 Å². The maximum absolute atomic E-state index is 14.0. The number of carbonyl (C=O) groups is 2. The first-order valence-corrected chi connectivity index (χ1v) is 12.5. The molecule has 2 atom stereocenters. The summed E-state index contributed by atoms with van der Waals surface area (Å²) in [6, 6.07) is 19.0. The number of hydrogen-bond donors (Lipinski definition) is 2. The lowest BCUT2D eigenvalue weighted by Gasteiger charge is -2.28. The molecule has 3 aromatic carbocycles. The van der Waals surface area contributed by atoms with Gasteiger partial charge >= 0.3 is 0 Å². The molecule has 2 heterocycles. The summed E-state index contributed by atoms with van der Waals surface area (Å²) in [5.41, 5.74) is 4.87. The third kappa shape index (κ3) is 4.70. The fraction of sp³-hybridized carbons (Fsp3) is 0.267. The third-order valence-corrected chi connectivity index (χ3v) is 7.19. The van der Waals surface area contributed by atoms with Crippen LogP contribution in [0.25, 0.3) is 21.9 Å². The van der Waals surface area contributed by atoms with Crippen LogP contribution >= 0.6 is 0 Å². The van der Waals surface area contributed by atoms with Crippen molar-refractivity contribution in [3.8, 4) is 16.9 Å². The molecule has 7 nitrogen and oxygen atoms in total. The Morgan fingerprint density at radius 1 is 1.11 bits per heavy atom. The van der Waals surface area contributed by atoms with Crippen molar-refractivity contribution in [2.75, 3.05) is 19.1 Å². The van der Waals surface area contributed by atoms with Gasteiger partial charge in [-0.1, -0.05) is 42.5 Å². The summed E-state index contributed by atoms with van der Waals surface area (Å²) in [4.78, 5) is 28.5. The maximum atomic E-state index is 14.0. The molecule has 2 N–H and O–H groups in total. The molecule has 1 aliphatic rings. The predicted octanol–water partition coefficient (Wildman–Crippen LogP) is 4.68. The Labute approximate surface area is 216 Å². The van der Waals surface area contributed by atoms with Crippen LogP contribution in [0.4, 0.5) is 5.69 Å². The summed E-state index contributed by atoms with van der Waals surface area (Å²) in [6.45, 7) is 2.08. The number of anilines is 1. The van der Waals surface area contributed by atoms with E-state index in [-0.39, 0.29) is 11.8 Å². The molecule has 37 heavy (non-hydrogen) atoms. The number of furan rings is 1. The maximum Gasteiger partial charge on any atom is 0.249 e. The lowest BCUT2D eigenvalue weighted by atomic mass is 9.96. The van der Waals surface area contributed by atoms with Gasteiger partial charge in [-0.3, -0.25) is 9.59 Å². The fourth-order valence-corrected chi connectivity index (χ4v) is 5.02. The monoisotopic (exact) mass is 497 g/mol. The van der Waals surface area contributed by atoms with Gasteiger partial charge in [-0.15, -0.1) is 0 Å². The Kier molecular flexibility index (Phi) is 6.97. The number of para-hydroxylation sites is 1. The minimum atomic E-state index is -0.627. The number of amides is 2. The van der Waals surface area contributed by atoms with E-state index in [2.05, 4.69) is 22.8 Å². The molecule has 190 valence electrons. The van der Waals surface area contributed by atoms with Crippen LogP contribution in [0.15, 0.2) is 77.6 Å². The number of rotatable bonds is 7. The van der Waals surface area contributed by atoms with Gasteiger partial charge in [-0.05, 0) is 66.9 Å². The minimum absolute atomic E-state index is 0.133. The number of likely N-dealkylation sites (N-methyl/N-ethyl adjacent to an activating group) is 1. The molecule has 0 saturated heterocycles. The Morgan fingerprint density at radius 3 is 2.70 bits per heavy atom. The van der Waals surface area contributed by atoms with Crippen molar-refractivity contribution in [2.24, 2.45) is 0 Å². The van der Waals surface area contributed by atoms with E-state index < -0.39 is 12.1 Å². The zero-order valence-corrected chi connectivity index (χ0v) is 21.3. The van der Waals surface area contributed by atoms with Crippen LogP contribution in [-0.4, -0.2) is 38.1 Å². The highest BCUT2D eigenvalue weighted by Gasteiger charge is 2.33. The van der Waals surface area contributed by atoms with E-state index in [1.165, 1.54) is 0 Å². The molecular weight excluding hydrogens is 466 g/mol. The van der Waals surface area contributed by atoms with Gasteiger partial charge in [0.2, 0.25) is 11.8 Å². The molecule has 1 unspecified atom stereocenters. The van der Waals surface area contributed by atoms with E-state index in [1.807, 2.05) is 48.5 Å². The standard InChI is InChI=1S/C30H31N3O4/c1-19(31-2)29(34)32-26-13-11-20-7-4-5-10-27(20)33(30(26)35)17-25-23-9-6-8-22(21-15-16-37-18-21)24(23)12-14-28(25)36-3/h4-10,12,14-16,18-19,26,31H,11,13,17H2,1-3H3,(H,32,34)/t19?,26-/m0/s1. The van der Waals surface area contributed by atoms with Crippen molar-refractivity contribution in [1.82, 2.24) is 10.6 Å². The number of aryl methyl sites for hydroxylation is 1. The zero-order valence-electron chi connectivity index (χ0n) is 21.3. The van der Waals surface area contributed by atoms with Crippen molar-refractivity contribution in [3.63, 3.8) is 0 Å². The lowest BCUT2D eigenvalue weighted by Crippen LogP contribution is -2.52. The average molecular weight is 498 g/mol. The molecule has 0 fully saturated rings. The Bertz CT molecular complexity index is 1430. The Hall–Kier alpha value is -4.10. The van der Waals surface area contributed by atoms with Gasteiger partial charge in [-0.2, -0.15) is 0 Å². The fourth-order valence-electron chi connectivity index (χ4n) is 5.02. The van der Waals surface area contributed by atoms with E-state index in [9.17, 15) is 9.59 Å². The van der Waals surface area contributed by atoms with Gasteiger partial charge in [0.15, 0.2) is 0 Å². The normalized spacial score (nSPS) is 16.2. The zero-order chi connectivity index (χ0) is 25.9. The van der Waals surface area contributed by atoms with Crippen LogP contribution in [0, 0.1) is 0 Å². The molecule has 1 aromatic heterocycles. The molecule has 7 heteroatoms. The van der Waals surface area contributed by atoms with E-state index in [0.717, 1.165) is 38.7 Å². The average Bonchev–Trinajstić information content (AvgIpc) is 3.43. The summed E-state index contributed by atoms with van der Waals surface area (Å²) in [5.74, 6) is 0.377. The first kappa shape index (κ1) is 24.6. The molecule has 0 aliphatic carbocycles. The predicted molar refractivity (Wildman–Crippen MR) is 145 cm³/mol. The molecule has 1 aliphatic heterocycles. The minimum Gasteiger partial charge on any atom is -0.496 e. The second-order valence-electron chi connectivity index (χ2n) is 9.32. The van der Waals surface area contributed by atoms with E-state index >= 15 is 0 Å². The molecular formula is C30H31N3O4. The number of nitrogens with one attached hydrogen (secondary N) is 2. The molecule has 5 rings (SSSR count). The van der Waals surface area contributed by atoms with Gasteiger partial charge in [-0.25, -0.2) is 0 Å². The summed E-state index contributed by atoms with van der Waals surface area (Å²) in [6.07, 6.45) is 4.61. The van der Waals surface area contributed by atoms with Crippen molar-refractivity contribution in [3.05, 3.63) is 84.3 Å². The SMILES string of the molecule is CNC(C)C(=O)N[C@H]1CCc2ccccc2N(Cc2c(OC)ccc3c(-c4ccoc4)cccc23)C1=O. The topological polar surface area (TPSA) is 83.8 Å². The third-order valence-electron chi connectivity index (χ3n) is 7.19. The number of benzene rings is 3. The first-order chi connectivity index (χ1) is 18.0. The van der Waals surface area contributed by atoms with Crippen LogP contribution in [0.3, 0.4) is 0 Å². The summed E-state index contributed by atoms with van der Waals surface area (Å²) >= 11 is 0. The Morgan fingerprint density at radius 2 is 1.95 bits per heavy atom. The second-order valence-corrected chi connectivity index (χ2v) is 9.32. The van der Waals surface area contributed by atoms with E-state index in [4.69, 9.17) is 9.15 Å². The summed E-state index contributed by atoms with van der Waals surface area (Å²) < 4.78 is 11.1. The van der Waals surface area contributed by atoms with Gasteiger partial charge in [0.1, 0.15) is 11.8 Å². The Balaban J connectivity index is 1.60. The van der Waals surface area contributed by atoms with E-state index in [1.54, 1.807) is 38.5 Å². The second kappa shape index (κ2) is 10.5. The smallest absolute Gasteiger partial charge is 0.249 e. The van der Waals surface area contributed by atoms with Crippen molar-refractivity contribution in [1.29, 1.82) is 0 Å². The lowest BCUT2D eigenvalue weighted by molar-refractivity contribution is -0.128. The van der Waals surface area contributed by atoms with Crippen LogP contribution in [-0.2, 0) is 22.6 Å². The summed E-state index contributed by atoms with van der Waals surface area (Å²) in [5, 5.41) is 7.96. The molecule has 0 radical (unpaired) electrons. The molecule has 4 aromatic rings. The molecule has 2 amide bonds. The highest BCUT2D eigenvalue weighted by Crippen LogP contribution is 2.37. The molecule has 0 bridgehead atoms. The van der Waals surface area contributed by atoms with Gasteiger partial charge in [0.05, 0.1) is 32.2 Å². The van der Waals surface area contributed by atoms with Gasteiger partial charge in [0, 0.05) is 16.8 Å². The highest BCUT2D eigenvalue weighted by molar-refractivity contribution is 6.03. The number of methoxy groups -OCH3 is 1. The highest BCUT2D eigenvalue weighted by atomic mass is 16.5.